The fraction of sp³-hybridized carbons (Fsp3) is 0.765. The molecule has 0 aromatic heterocycles. The number of carbonyl (C=O) groups is 2. The highest BCUT2D eigenvalue weighted by Gasteiger charge is 2.52. The number of hydrogen-bond donors (Lipinski definition) is 1. The molecular formula is C17H26N2O3. The van der Waals surface area contributed by atoms with Gasteiger partial charge >= 0.3 is 5.97 Å². The maximum absolute atomic E-state index is 12.7. The molecule has 122 valence electrons. The second kappa shape index (κ2) is 6.41. The smallest absolute Gasteiger partial charge is 0.318 e. The summed E-state index contributed by atoms with van der Waals surface area (Å²) in [5.74, 6) is 0.0485. The van der Waals surface area contributed by atoms with Crippen molar-refractivity contribution in [3.63, 3.8) is 0 Å². The van der Waals surface area contributed by atoms with Crippen LogP contribution >= 0.6 is 0 Å². The quantitative estimate of drug-likeness (QED) is 0.810. The summed E-state index contributed by atoms with van der Waals surface area (Å²) >= 11 is 0. The molecule has 2 fully saturated rings. The zero-order valence-corrected chi connectivity index (χ0v) is 13.4. The predicted molar refractivity (Wildman–Crippen MR) is 83.0 cm³/mol. The molecule has 22 heavy (non-hydrogen) atoms. The number of carbonyl (C=O) groups excluding carboxylic acids is 2. The van der Waals surface area contributed by atoms with Crippen molar-refractivity contribution in [2.24, 2.45) is 5.41 Å². The normalized spacial score (nSPS) is 29.8. The molecule has 0 unspecified atom stereocenters. The number of likely N-dealkylation sites (tertiary alicyclic amines) is 1. The molecule has 3 aliphatic rings. The molecule has 5 heteroatoms. The SMILES string of the molecule is CCOC(=O)[C@]12CCCC=C1N(C1CCNCC1)C(=O)CC2. The van der Waals surface area contributed by atoms with Gasteiger partial charge in [-0.3, -0.25) is 9.59 Å². The lowest BCUT2D eigenvalue weighted by Crippen LogP contribution is -2.55. The molecule has 1 amide bonds. The Morgan fingerprint density at radius 2 is 2.18 bits per heavy atom. The minimum Gasteiger partial charge on any atom is -0.465 e. The third-order valence-corrected chi connectivity index (χ3v) is 5.27. The van der Waals surface area contributed by atoms with Crippen molar-refractivity contribution in [2.75, 3.05) is 19.7 Å². The van der Waals surface area contributed by atoms with E-state index in [1.54, 1.807) is 0 Å². The Bertz CT molecular complexity index is 482. The summed E-state index contributed by atoms with van der Waals surface area (Å²) in [6.07, 6.45) is 7.87. The molecule has 0 bridgehead atoms. The lowest BCUT2D eigenvalue weighted by molar-refractivity contribution is -0.159. The lowest BCUT2D eigenvalue weighted by Gasteiger charge is -2.48. The molecule has 0 aromatic carbocycles. The Balaban J connectivity index is 1.93. The van der Waals surface area contributed by atoms with Crippen LogP contribution in [-0.2, 0) is 14.3 Å². The molecule has 2 aliphatic heterocycles. The van der Waals surface area contributed by atoms with Gasteiger partial charge in [-0.15, -0.1) is 0 Å². The summed E-state index contributed by atoms with van der Waals surface area (Å²) in [5.41, 5.74) is 0.368. The largest absolute Gasteiger partial charge is 0.465 e. The van der Waals surface area contributed by atoms with Crippen LogP contribution < -0.4 is 5.32 Å². The van der Waals surface area contributed by atoms with Crippen LogP contribution in [0.2, 0.25) is 0 Å². The Morgan fingerprint density at radius 1 is 1.41 bits per heavy atom. The van der Waals surface area contributed by atoms with Crippen LogP contribution in [0.5, 0.6) is 0 Å². The van der Waals surface area contributed by atoms with Gasteiger partial charge in [0.1, 0.15) is 5.41 Å². The van der Waals surface area contributed by atoms with Crippen LogP contribution in [0, 0.1) is 5.41 Å². The van der Waals surface area contributed by atoms with E-state index in [9.17, 15) is 9.59 Å². The second-order valence-electron chi connectivity index (χ2n) is 6.53. The van der Waals surface area contributed by atoms with Crippen molar-refractivity contribution < 1.29 is 14.3 Å². The standard InChI is InChI=1S/C17H26N2O3/c1-2-22-16(21)17-9-4-3-5-14(17)19(15(20)6-10-17)13-7-11-18-12-8-13/h5,13,18H,2-4,6-12H2,1H3/t17-/m0/s1. The topological polar surface area (TPSA) is 58.6 Å². The molecule has 3 rings (SSSR count). The minimum atomic E-state index is -0.576. The molecule has 0 radical (unpaired) electrons. The maximum atomic E-state index is 12.7. The third kappa shape index (κ3) is 2.56. The van der Waals surface area contributed by atoms with Gasteiger partial charge in [-0.1, -0.05) is 6.08 Å². The number of amides is 1. The summed E-state index contributed by atoms with van der Waals surface area (Å²) in [6.45, 7) is 4.12. The zero-order valence-electron chi connectivity index (χ0n) is 13.4. The molecule has 1 N–H and O–H groups in total. The van der Waals surface area contributed by atoms with Crippen molar-refractivity contribution in [2.45, 2.75) is 57.9 Å². The summed E-state index contributed by atoms with van der Waals surface area (Å²) in [5, 5.41) is 3.34. The average Bonchev–Trinajstić information content (AvgIpc) is 2.56. The van der Waals surface area contributed by atoms with E-state index in [1.807, 2.05) is 11.8 Å². The number of hydrogen-bond acceptors (Lipinski definition) is 4. The minimum absolute atomic E-state index is 0.132. The van der Waals surface area contributed by atoms with Crippen molar-refractivity contribution in [1.82, 2.24) is 10.2 Å². The highest BCUT2D eigenvalue weighted by Crippen LogP contribution is 2.48. The molecule has 5 nitrogen and oxygen atoms in total. The van der Waals surface area contributed by atoms with Gasteiger partial charge in [0.05, 0.1) is 6.61 Å². The first-order valence-corrected chi connectivity index (χ1v) is 8.59. The molecule has 2 saturated heterocycles. The molecule has 1 atom stereocenters. The van der Waals surface area contributed by atoms with E-state index < -0.39 is 5.41 Å². The number of ether oxygens (including phenoxy) is 1. The molecule has 1 aliphatic carbocycles. The number of nitrogens with zero attached hydrogens (tertiary/aromatic N) is 1. The van der Waals surface area contributed by atoms with Crippen molar-refractivity contribution in [3.05, 3.63) is 11.8 Å². The summed E-state index contributed by atoms with van der Waals surface area (Å²) in [6, 6.07) is 0.229. The third-order valence-electron chi connectivity index (χ3n) is 5.27. The van der Waals surface area contributed by atoms with Gasteiger partial charge in [0.25, 0.3) is 0 Å². The first-order valence-electron chi connectivity index (χ1n) is 8.59. The van der Waals surface area contributed by atoms with E-state index in [0.29, 0.717) is 19.4 Å². The van der Waals surface area contributed by atoms with Crippen molar-refractivity contribution >= 4 is 11.9 Å². The Kier molecular flexibility index (Phi) is 4.52. The van der Waals surface area contributed by atoms with Gasteiger partial charge in [0.15, 0.2) is 0 Å². The number of rotatable bonds is 3. The number of allylic oxidation sites excluding steroid dienone is 1. The summed E-state index contributed by atoms with van der Waals surface area (Å²) in [7, 11) is 0. The summed E-state index contributed by atoms with van der Waals surface area (Å²) < 4.78 is 5.38. The van der Waals surface area contributed by atoms with Crippen molar-refractivity contribution in [3.8, 4) is 0 Å². The molecule has 0 aromatic rings. The van der Waals surface area contributed by atoms with Gasteiger partial charge in [0.2, 0.25) is 5.91 Å². The van der Waals surface area contributed by atoms with E-state index in [4.69, 9.17) is 4.74 Å². The Labute approximate surface area is 132 Å². The van der Waals surface area contributed by atoms with E-state index >= 15 is 0 Å². The molecule has 0 saturated carbocycles. The van der Waals surface area contributed by atoms with E-state index in [2.05, 4.69) is 11.4 Å². The molecule has 0 spiro atoms. The van der Waals surface area contributed by atoms with Gasteiger partial charge in [-0.25, -0.2) is 0 Å². The lowest BCUT2D eigenvalue weighted by atomic mass is 9.69. The zero-order chi connectivity index (χ0) is 15.6. The molecular weight excluding hydrogens is 280 g/mol. The number of esters is 1. The van der Waals surface area contributed by atoms with Gasteiger partial charge in [0, 0.05) is 18.2 Å². The fourth-order valence-corrected chi connectivity index (χ4v) is 4.17. The van der Waals surface area contributed by atoms with Crippen LogP contribution in [0.1, 0.15) is 51.9 Å². The average molecular weight is 306 g/mol. The first kappa shape index (κ1) is 15.5. The van der Waals surface area contributed by atoms with E-state index in [0.717, 1.165) is 50.9 Å². The summed E-state index contributed by atoms with van der Waals surface area (Å²) in [4.78, 5) is 27.2. The predicted octanol–water partition coefficient (Wildman–Crippen LogP) is 1.98. The van der Waals surface area contributed by atoms with Crippen LogP contribution in [0.25, 0.3) is 0 Å². The van der Waals surface area contributed by atoms with Crippen LogP contribution in [0.4, 0.5) is 0 Å². The maximum Gasteiger partial charge on any atom is 0.318 e. The highest BCUT2D eigenvalue weighted by molar-refractivity contribution is 5.88. The highest BCUT2D eigenvalue weighted by atomic mass is 16.5. The number of piperidine rings is 2. The second-order valence-corrected chi connectivity index (χ2v) is 6.53. The monoisotopic (exact) mass is 306 g/mol. The Morgan fingerprint density at radius 3 is 2.91 bits per heavy atom. The first-order chi connectivity index (χ1) is 10.7. The number of fused-ring (bicyclic) bond motifs is 1. The fourth-order valence-electron chi connectivity index (χ4n) is 4.17. The van der Waals surface area contributed by atoms with Gasteiger partial charge in [-0.2, -0.15) is 0 Å². The van der Waals surface area contributed by atoms with Crippen LogP contribution in [-0.4, -0.2) is 42.5 Å². The van der Waals surface area contributed by atoms with Crippen molar-refractivity contribution in [1.29, 1.82) is 0 Å². The number of nitrogens with one attached hydrogen (secondary N) is 1. The van der Waals surface area contributed by atoms with E-state index in [1.165, 1.54) is 0 Å². The molecule has 2 heterocycles. The van der Waals surface area contributed by atoms with Gasteiger partial charge in [-0.05, 0) is 58.5 Å². The van der Waals surface area contributed by atoms with Crippen LogP contribution in [0.15, 0.2) is 11.8 Å². The van der Waals surface area contributed by atoms with Gasteiger partial charge < -0.3 is 15.0 Å². The Hall–Kier alpha value is -1.36. The van der Waals surface area contributed by atoms with E-state index in [-0.39, 0.29) is 17.9 Å². The van der Waals surface area contributed by atoms with Crippen LogP contribution in [0.3, 0.4) is 0 Å².